The molecule has 3 nitrogen and oxygen atoms in total. The van der Waals surface area contributed by atoms with Crippen LogP contribution in [0.1, 0.15) is 26.3 Å². The summed E-state index contributed by atoms with van der Waals surface area (Å²) in [6, 6.07) is 55.1. The van der Waals surface area contributed by atoms with Crippen LogP contribution in [0, 0.1) is 0 Å². The smallest absolute Gasteiger partial charge is 0.137 e. The van der Waals surface area contributed by atoms with Gasteiger partial charge in [0.25, 0.3) is 0 Å². The van der Waals surface area contributed by atoms with Gasteiger partial charge in [-0.25, -0.2) is 0 Å². The normalized spacial score (nSPS) is 12.4. The summed E-state index contributed by atoms with van der Waals surface area (Å²) in [5.74, 6) is 0. The molecule has 0 amide bonds. The summed E-state index contributed by atoms with van der Waals surface area (Å²) in [7, 11) is 0. The van der Waals surface area contributed by atoms with Gasteiger partial charge >= 0.3 is 0 Å². The van der Waals surface area contributed by atoms with E-state index >= 15 is 0 Å². The minimum Gasteiger partial charge on any atom is -0.456 e. The van der Waals surface area contributed by atoms with Gasteiger partial charge < -0.3 is 13.6 Å². The molecule has 0 atom stereocenters. The molecule has 3 heterocycles. The topological polar surface area (TPSA) is 23.0 Å². The van der Waals surface area contributed by atoms with E-state index in [0.717, 1.165) is 33.3 Å². The Bertz CT molecular complexity index is 2890. The van der Waals surface area contributed by atoms with Crippen molar-refractivity contribution in [3.63, 3.8) is 0 Å². The fourth-order valence-corrected chi connectivity index (χ4v) is 7.88. The Morgan fingerprint density at radius 2 is 1.00 bits per heavy atom. The molecule has 0 unspecified atom stereocenters. The highest BCUT2D eigenvalue weighted by molar-refractivity contribution is 6.24. The molecular formula is C46H34N2O. The third kappa shape index (κ3) is 4.15. The van der Waals surface area contributed by atoms with E-state index < -0.39 is 0 Å². The van der Waals surface area contributed by atoms with E-state index in [1.54, 1.807) is 0 Å². The van der Waals surface area contributed by atoms with Crippen molar-refractivity contribution in [1.29, 1.82) is 0 Å². The van der Waals surface area contributed by atoms with Gasteiger partial charge in [-0.1, -0.05) is 112 Å². The summed E-state index contributed by atoms with van der Waals surface area (Å²) in [5.41, 5.74) is 12.8. The number of benzene rings is 7. The zero-order chi connectivity index (χ0) is 32.9. The van der Waals surface area contributed by atoms with E-state index in [2.05, 4.69) is 175 Å². The Morgan fingerprint density at radius 3 is 1.71 bits per heavy atom. The first-order chi connectivity index (χ1) is 23.9. The lowest BCUT2D eigenvalue weighted by atomic mass is 9.86. The highest BCUT2D eigenvalue weighted by Crippen LogP contribution is 2.42. The van der Waals surface area contributed by atoms with Crippen LogP contribution in [0.4, 0.5) is 0 Å². The maximum absolute atomic E-state index is 6.37. The zero-order valence-corrected chi connectivity index (χ0v) is 27.7. The van der Waals surface area contributed by atoms with Crippen LogP contribution in [0.15, 0.2) is 156 Å². The van der Waals surface area contributed by atoms with Crippen LogP contribution in [0.25, 0.3) is 88.1 Å². The molecule has 234 valence electrons. The summed E-state index contributed by atoms with van der Waals surface area (Å²) >= 11 is 0. The Hall–Kier alpha value is -6.06. The molecule has 0 N–H and O–H groups in total. The van der Waals surface area contributed by atoms with Crippen LogP contribution in [0.3, 0.4) is 0 Å². The van der Waals surface area contributed by atoms with Gasteiger partial charge in [-0.05, 0) is 82.8 Å². The Morgan fingerprint density at radius 1 is 0.429 bits per heavy atom. The number of fused-ring (bicyclic) bond motifs is 10. The largest absolute Gasteiger partial charge is 0.456 e. The van der Waals surface area contributed by atoms with Gasteiger partial charge in [0.15, 0.2) is 0 Å². The van der Waals surface area contributed by atoms with Crippen molar-refractivity contribution in [3.05, 3.63) is 157 Å². The van der Waals surface area contributed by atoms with Crippen molar-refractivity contribution in [2.75, 3.05) is 0 Å². The summed E-state index contributed by atoms with van der Waals surface area (Å²) in [4.78, 5) is 0. The van der Waals surface area contributed by atoms with Gasteiger partial charge in [0, 0.05) is 38.3 Å². The standard InChI is InChI=1S/C46H34N2O/c1-46(2,3)31-20-16-29(17-21-31)30-18-22-32(23-19-30)47-39-13-7-5-11-35(39)38-28-33(24-26-41(38)47)48-40-14-8-4-10-34(40)36-25-27-43-44(45(36)48)37-12-6-9-15-42(37)49-43/h4-28H,1-3H3. The first kappa shape index (κ1) is 28.0. The van der Waals surface area contributed by atoms with E-state index in [-0.39, 0.29) is 5.41 Å². The lowest BCUT2D eigenvalue weighted by molar-refractivity contribution is 0.590. The van der Waals surface area contributed by atoms with E-state index in [1.807, 2.05) is 6.07 Å². The molecule has 0 spiro atoms. The summed E-state index contributed by atoms with van der Waals surface area (Å²) in [6.45, 7) is 6.77. The van der Waals surface area contributed by atoms with Crippen molar-refractivity contribution in [2.24, 2.45) is 0 Å². The summed E-state index contributed by atoms with van der Waals surface area (Å²) < 4.78 is 11.2. The predicted octanol–water partition coefficient (Wildman–Crippen LogP) is 12.7. The van der Waals surface area contributed by atoms with Crippen LogP contribution in [0.5, 0.6) is 0 Å². The lowest BCUT2D eigenvalue weighted by Gasteiger charge is -2.19. The van der Waals surface area contributed by atoms with Crippen molar-refractivity contribution in [1.82, 2.24) is 9.13 Å². The molecule has 0 fully saturated rings. The predicted molar refractivity (Wildman–Crippen MR) is 207 cm³/mol. The maximum atomic E-state index is 6.37. The highest BCUT2D eigenvalue weighted by Gasteiger charge is 2.20. The molecule has 0 aliphatic carbocycles. The van der Waals surface area contributed by atoms with E-state index in [4.69, 9.17) is 4.42 Å². The van der Waals surface area contributed by atoms with Crippen LogP contribution in [-0.4, -0.2) is 9.13 Å². The Labute approximate surface area is 284 Å². The monoisotopic (exact) mass is 630 g/mol. The number of rotatable bonds is 3. The molecule has 3 aromatic heterocycles. The number of hydrogen-bond donors (Lipinski definition) is 0. The number of nitrogens with zero attached hydrogens (tertiary/aromatic N) is 2. The molecule has 0 saturated carbocycles. The Kier molecular flexibility index (Phi) is 5.84. The van der Waals surface area contributed by atoms with E-state index in [1.165, 1.54) is 60.3 Å². The molecule has 7 aromatic carbocycles. The average Bonchev–Trinajstić information content (AvgIpc) is 3.79. The fraction of sp³-hybridized carbons (Fsp3) is 0.0870. The van der Waals surface area contributed by atoms with E-state index in [0.29, 0.717) is 0 Å². The van der Waals surface area contributed by atoms with Crippen molar-refractivity contribution in [2.45, 2.75) is 26.2 Å². The molecule has 0 saturated heterocycles. The maximum Gasteiger partial charge on any atom is 0.137 e. The van der Waals surface area contributed by atoms with Crippen LogP contribution in [-0.2, 0) is 5.41 Å². The van der Waals surface area contributed by atoms with Gasteiger partial charge in [0.2, 0.25) is 0 Å². The highest BCUT2D eigenvalue weighted by atomic mass is 16.3. The minimum absolute atomic E-state index is 0.139. The quantitative estimate of drug-likeness (QED) is 0.190. The molecule has 3 heteroatoms. The molecule has 0 bridgehead atoms. The first-order valence-electron chi connectivity index (χ1n) is 17.0. The first-order valence-corrected chi connectivity index (χ1v) is 17.0. The molecule has 0 radical (unpaired) electrons. The van der Waals surface area contributed by atoms with E-state index in [9.17, 15) is 0 Å². The molecule has 49 heavy (non-hydrogen) atoms. The second-order valence-corrected chi connectivity index (χ2v) is 14.2. The fourth-order valence-electron chi connectivity index (χ4n) is 7.88. The molecule has 0 aliphatic rings. The second kappa shape index (κ2) is 10.2. The van der Waals surface area contributed by atoms with Gasteiger partial charge in [0.05, 0.1) is 27.5 Å². The van der Waals surface area contributed by atoms with Gasteiger partial charge in [-0.2, -0.15) is 0 Å². The van der Waals surface area contributed by atoms with Gasteiger partial charge in [-0.15, -0.1) is 0 Å². The molecule has 10 rings (SSSR count). The second-order valence-electron chi connectivity index (χ2n) is 14.2. The van der Waals surface area contributed by atoms with Crippen LogP contribution in [0.2, 0.25) is 0 Å². The Balaban J connectivity index is 1.17. The number of para-hydroxylation sites is 3. The average molecular weight is 631 g/mol. The third-order valence-electron chi connectivity index (χ3n) is 10.3. The number of aromatic nitrogens is 2. The minimum atomic E-state index is 0.139. The van der Waals surface area contributed by atoms with Crippen molar-refractivity contribution in [3.8, 4) is 22.5 Å². The van der Waals surface area contributed by atoms with Crippen molar-refractivity contribution < 1.29 is 4.42 Å². The van der Waals surface area contributed by atoms with Crippen molar-refractivity contribution >= 4 is 65.6 Å². The van der Waals surface area contributed by atoms with Gasteiger partial charge in [0.1, 0.15) is 11.2 Å². The number of hydrogen-bond acceptors (Lipinski definition) is 1. The number of furan rings is 1. The lowest BCUT2D eigenvalue weighted by Crippen LogP contribution is -2.10. The third-order valence-corrected chi connectivity index (χ3v) is 10.3. The molecule has 0 aliphatic heterocycles. The molecular weight excluding hydrogens is 597 g/mol. The van der Waals surface area contributed by atoms with Crippen LogP contribution < -0.4 is 0 Å². The zero-order valence-electron chi connectivity index (χ0n) is 27.7. The SMILES string of the molecule is CC(C)(C)c1ccc(-c2ccc(-n3c4ccccc4c4cc(-n5c6ccccc6c6ccc7oc8ccccc8c7c65)ccc43)cc2)cc1. The summed E-state index contributed by atoms with van der Waals surface area (Å²) in [5, 5.41) is 7.22. The summed E-state index contributed by atoms with van der Waals surface area (Å²) in [6.07, 6.45) is 0. The van der Waals surface area contributed by atoms with Gasteiger partial charge in [-0.3, -0.25) is 0 Å². The molecule has 10 aromatic rings. The van der Waals surface area contributed by atoms with Crippen LogP contribution >= 0.6 is 0 Å².